The summed E-state index contributed by atoms with van der Waals surface area (Å²) in [6.45, 7) is 0. The zero-order valence-corrected chi connectivity index (χ0v) is 12.6. The first-order chi connectivity index (χ1) is 12.2. The van der Waals surface area contributed by atoms with E-state index in [0.717, 1.165) is 6.07 Å². The van der Waals surface area contributed by atoms with Gasteiger partial charge in [-0.25, -0.2) is 9.18 Å². The van der Waals surface area contributed by atoms with E-state index >= 15 is 0 Å². The molecular formula is C16H8F4N2O4. The van der Waals surface area contributed by atoms with Crippen LogP contribution in [-0.4, -0.2) is 26.3 Å². The van der Waals surface area contributed by atoms with Crippen LogP contribution in [0.15, 0.2) is 40.9 Å². The molecule has 0 fully saturated rings. The van der Waals surface area contributed by atoms with Crippen LogP contribution in [0.4, 0.5) is 17.6 Å². The SMILES string of the molecule is O=C(O)c1cccc(-c2noc(-c3cc(C(F)(F)F)ccc3F)n2)c1O. The molecule has 2 N–H and O–H groups in total. The number of aromatic nitrogens is 2. The monoisotopic (exact) mass is 368 g/mol. The molecule has 0 aliphatic heterocycles. The molecule has 0 saturated carbocycles. The summed E-state index contributed by atoms with van der Waals surface area (Å²) in [4.78, 5) is 14.8. The fourth-order valence-corrected chi connectivity index (χ4v) is 2.20. The van der Waals surface area contributed by atoms with E-state index in [9.17, 15) is 27.5 Å². The summed E-state index contributed by atoms with van der Waals surface area (Å²) in [7, 11) is 0. The van der Waals surface area contributed by atoms with Gasteiger partial charge in [-0.2, -0.15) is 18.2 Å². The molecule has 10 heteroatoms. The predicted molar refractivity (Wildman–Crippen MR) is 78.8 cm³/mol. The average Bonchev–Trinajstić information content (AvgIpc) is 3.03. The van der Waals surface area contributed by atoms with E-state index in [1.165, 1.54) is 12.1 Å². The fourth-order valence-electron chi connectivity index (χ4n) is 2.20. The molecule has 6 nitrogen and oxygen atoms in total. The lowest BCUT2D eigenvalue weighted by molar-refractivity contribution is -0.137. The van der Waals surface area contributed by atoms with E-state index in [1.54, 1.807) is 0 Å². The molecule has 0 bridgehead atoms. The summed E-state index contributed by atoms with van der Waals surface area (Å²) in [6.07, 6.45) is -4.70. The number of carboxylic acids is 1. The Hall–Kier alpha value is -3.43. The van der Waals surface area contributed by atoms with Crippen molar-refractivity contribution in [2.75, 3.05) is 0 Å². The van der Waals surface area contributed by atoms with Crippen molar-refractivity contribution in [1.29, 1.82) is 0 Å². The van der Waals surface area contributed by atoms with Gasteiger partial charge in [0.05, 0.1) is 16.7 Å². The summed E-state index contributed by atoms with van der Waals surface area (Å²) in [5.74, 6) is -3.94. The van der Waals surface area contributed by atoms with E-state index in [1.807, 2.05) is 0 Å². The summed E-state index contributed by atoms with van der Waals surface area (Å²) in [5.41, 5.74) is -2.25. The fraction of sp³-hybridized carbons (Fsp3) is 0.0625. The average molecular weight is 368 g/mol. The van der Waals surface area contributed by atoms with Gasteiger partial charge < -0.3 is 14.7 Å². The number of benzene rings is 2. The highest BCUT2D eigenvalue weighted by Gasteiger charge is 2.32. The number of aromatic carboxylic acids is 1. The lowest BCUT2D eigenvalue weighted by Crippen LogP contribution is -2.05. The Balaban J connectivity index is 2.07. The second-order valence-corrected chi connectivity index (χ2v) is 5.12. The topological polar surface area (TPSA) is 96.5 Å². The molecule has 26 heavy (non-hydrogen) atoms. The summed E-state index contributed by atoms with van der Waals surface area (Å²) < 4.78 is 57.0. The Morgan fingerprint density at radius 2 is 1.85 bits per heavy atom. The van der Waals surface area contributed by atoms with Crippen molar-refractivity contribution in [3.63, 3.8) is 0 Å². The molecule has 0 aliphatic rings. The number of phenols is 1. The van der Waals surface area contributed by atoms with Crippen molar-refractivity contribution in [2.24, 2.45) is 0 Å². The number of aromatic hydroxyl groups is 1. The lowest BCUT2D eigenvalue weighted by Gasteiger charge is -2.07. The van der Waals surface area contributed by atoms with Crippen molar-refractivity contribution < 1.29 is 37.1 Å². The number of rotatable bonds is 3. The van der Waals surface area contributed by atoms with E-state index in [0.29, 0.717) is 18.2 Å². The Bertz CT molecular complexity index is 998. The van der Waals surface area contributed by atoms with Gasteiger partial charge in [0.2, 0.25) is 5.82 Å². The van der Waals surface area contributed by atoms with Crippen molar-refractivity contribution in [1.82, 2.24) is 10.1 Å². The second kappa shape index (κ2) is 6.14. The lowest BCUT2D eigenvalue weighted by atomic mass is 10.1. The van der Waals surface area contributed by atoms with Gasteiger partial charge in [-0.1, -0.05) is 11.2 Å². The largest absolute Gasteiger partial charge is 0.506 e. The minimum Gasteiger partial charge on any atom is -0.506 e. The van der Waals surface area contributed by atoms with Crippen molar-refractivity contribution >= 4 is 5.97 Å². The van der Waals surface area contributed by atoms with Crippen LogP contribution in [0.25, 0.3) is 22.8 Å². The van der Waals surface area contributed by atoms with E-state index in [4.69, 9.17) is 9.63 Å². The summed E-state index contributed by atoms with van der Waals surface area (Å²) >= 11 is 0. The first kappa shape index (κ1) is 17.4. The number of halogens is 4. The summed E-state index contributed by atoms with van der Waals surface area (Å²) in [6, 6.07) is 5.41. The molecule has 2 aromatic carbocycles. The molecule has 0 spiro atoms. The van der Waals surface area contributed by atoms with Crippen molar-refractivity contribution in [3.8, 4) is 28.6 Å². The summed E-state index contributed by atoms with van der Waals surface area (Å²) in [5, 5.41) is 22.4. The molecule has 0 radical (unpaired) electrons. The highest BCUT2D eigenvalue weighted by Crippen LogP contribution is 2.35. The molecule has 1 aromatic heterocycles. The van der Waals surface area contributed by atoms with E-state index < -0.39 is 46.3 Å². The Morgan fingerprint density at radius 1 is 1.12 bits per heavy atom. The van der Waals surface area contributed by atoms with E-state index in [-0.39, 0.29) is 11.4 Å². The van der Waals surface area contributed by atoms with Crippen LogP contribution in [0, 0.1) is 5.82 Å². The minimum atomic E-state index is -4.70. The van der Waals surface area contributed by atoms with Gasteiger partial charge in [0.25, 0.3) is 5.89 Å². The maximum atomic E-state index is 13.9. The molecule has 0 saturated heterocycles. The van der Waals surface area contributed by atoms with Crippen LogP contribution in [0.3, 0.4) is 0 Å². The normalized spacial score (nSPS) is 11.5. The quantitative estimate of drug-likeness (QED) is 0.679. The Morgan fingerprint density at radius 3 is 2.50 bits per heavy atom. The second-order valence-electron chi connectivity index (χ2n) is 5.12. The molecule has 3 aromatic rings. The molecule has 1 heterocycles. The van der Waals surface area contributed by atoms with Crippen LogP contribution in [0.5, 0.6) is 5.75 Å². The predicted octanol–water partition coefficient (Wildman–Crippen LogP) is 3.97. The van der Waals surface area contributed by atoms with Crippen molar-refractivity contribution in [3.05, 3.63) is 53.3 Å². The number of nitrogens with zero attached hydrogens (tertiary/aromatic N) is 2. The molecule has 3 rings (SSSR count). The Kier molecular flexibility index (Phi) is 4.10. The van der Waals surface area contributed by atoms with Crippen LogP contribution >= 0.6 is 0 Å². The molecule has 0 amide bonds. The van der Waals surface area contributed by atoms with Gasteiger partial charge in [-0.3, -0.25) is 0 Å². The highest BCUT2D eigenvalue weighted by molar-refractivity contribution is 5.93. The molecule has 0 aliphatic carbocycles. The third kappa shape index (κ3) is 3.08. The molecular weight excluding hydrogens is 360 g/mol. The van der Waals surface area contributed by atoms with Gasteiger partial charge in [-0.05, 0) is 30.3 Å². The van der Waals surface area contributed by atoms with Crippen molar-refractivity contribution in [2.45, 2.75) is 6.18 Å². The Labute approximate surface area is 142 Å². The first-order valence-corrected chi connectivity index (χ1v) is 6.95. The number of carboxylic acid groups (broad SMARTS) is 1. The smallest absolute Gasteiger partial charge is 0.416 e. The van der Waals surface area contributed by atoms with Crippen LogP contribution in [0.2, 0.25) is 0 Å². The zero-order valence-electron chi connectivity index (χ0n) is 12.6. The molecule has 134 valence electrons. The number of hydrogen-bond acceptors (Lipinski definition) is 5. The third-order valence-electron chi connectivity index (χ3n) is 3.46. The minimum absolute atomic E-state index is 0.132. The first-order valence-electron chi connectivity index (χ1n) is 6.95. The van der Waals surface area contributed by atoms with Gasteiger partial charge in [0.1, 0.15) is 17.1 Å². The standard InChI is InChI=1S/C16H8F4N2O4/c17-11-5-4-7(16(18,19)20)6-10(11)14-21-13(22-26-14)8-2-1-3-9(12(8)23)15(24)25/h1-6,23H,(H,24,25). The maximum Gasteiger partial charge on any atom is 0.416 e. The van der Waals surface area contributed by atoms with Gasteiger partial charge in [0, 0.05) is 0 Å². The highest BCUT2D eigenvalue weighted by atomic mass is 19.4. The van der Waals surface area contributed by atoms with Crippen LogP contribution in [-0.2, 0) is 6.18 Å². The number of carbonyl (C=O) groups is 1. The van der Waals surface area contributed by atoms with Gasteiger partial charge in [-0.15, -0.1) is 0 Å². The van der Waals surface area contributed by atoms with Crippen LogP contribution in [0.1, 0.15) is 15.9 Å². The van der Waals surface area contributed by atoms with E-state index in [2.05, 4.69) is 10.1 Å². The molecule has 0 unspecified atom stereocenters. The van der Waals surface area contributed by atoms with Gasteiger partial charge >= 0.3 is 12.1 Å². The van der Waals surface area contributed by atoms with Crippen LogP contribution < -0.4 is 0 Å². The number of para-hydroxylation sites is 1. The third-order valence-corrected chi connectivity index (χ3v) is 3.46. The van der Waals surface area contributed by atoms with Gasteiger partial charge in [0.15, 0.2) is 0 Å². The maximum absolute atomic E-state index is 13.9. The zero-order chi connectivity index (χ0) is 19.1. The number of hydrogen-bond donors (Lipinski definition) is 2. The number of alkyl halides is 3. The molecule has 0 atom stereocenters.